The second kappa shape index (κ2) is 5.75. The third-order valence-corrected chi connectivity index (χ3v) is 2.82. The van der Waals surface area contributed by atoms with Crippen molar-refractivity contribution in [2.45, 2.75) is 25.7 Å². The van der Waals surface area contributed by atoms with E-state index in [1.54, 1.807) is 0 Å². The molecule has 0 aliphatic carbocycles. The molecule has 0 amide bonds. The van der Waals surface area contributed by atoms with Crippen LogP contribution in [0.2, 0.25) is 5.02 Å². The Morgan fingerprint density at radius 3 is 2.62 bits per heavy atom. The predicted octanol–water partition coefficient (Wildman–Crippen LogP) is 3.23. The lowest BCUT2D eigenvalue weighted by Crippen LogP contribution is -2.29. The third kappa shape index (κ3) is 3.42. The van der Waals surface area contributed by atoms with E-state index in [2.05, 4.69) is 15.8 Å². The predicted molar refractivity (Wildman–Crippen MR) is 69.0 cm³/mol. The number of nitrogens with one attached hydrogen (secondary N) is 2. The zero-order valence-electron chi connectivity index (χ0n) is 9.17. The van der Waals surface area contributed by atoms with Crippen LogP contribution >= 0.6 is 11.6 Å². The Morgan fingerprint density at radius 1 is 1.00 bits per heavy atom. The van der Waals surface area contributed by atoms with E-state index in [0.717, 1.165) is 29.5 Å². The van der Waals surface area contributed by atoms with Gasteiger partial charge < -0.3 is 0 Å². The molecule has 86 valence electrons. The van der Waals surface area contributed by atoms with Crippen LogP contribution in [0.1, 0.15) is 25.7 Å². The van der Waals surface area contributed by atoms with E-state index in [0.29, 0.717) is 0 Å². The fourth-order valence-corrected chi connectivity index (χ4v) is 1.78. The van der Waals surface area contributed by atoms with Crippen molar-refractivity contribution >= 4 is 23.1 Å². The monoisotopic (exact) mass is 237 g/mol. The molecular weight excluding hydrogens is 222 g/mol. The first-order valence-corrected chi connectivity index (χ1v) is 6.03. The molecule has 1 aromatic carbocycles. The lowest BCUT2D eigenvalue weighted by atomic mass is 10.2. The molecule has 0 aromatic heterocycles. The zero-order chi connectivity index (χ0) is 11.2. The number of hydrogen-bond acceptors (Lipinski definition) is 3. The van der Waals surface area contributed by atoms with Gasteiger partial charge in [-0.3, -0.25) is 15.8 Å². The summed E-state index contributed by atoms with van der Waals surface area (Å²) in [4.78, 5) is 4.47. The molecule has 2 rings (SSSR count). The molecule has 1 aliphatic rings. The van der Waals surface area contributed by atoms with Gasteiger partial charge in [0.25, 0.3) is 0 Å². The van der Waals surface area contributed by atoms with E-state index < -0.39 is 0 Å². The fraction of sp³-hybridized carbons (Fsp3) is 0.417. The molecule has 4 heteroatoms. The summed E-state index contributed by atoms with van der Waals surface area (Å²) in [7, 11) is 0. The molecule has 0 spiro atoms. The van der Waals surface area contributed by atoms with Gasteiger partial charge in [0.15, 0.2) is 0 Å². The SMILES string of the molecule is Clc1ccc(NNC2=NCCCCC2)cc1. The van der Waals surface area contributed by atoms with Crippen LogP contribution in [0.4, 0.5) is 5.69 Å². The molecule has 0 atom stereocenters. The smallest absolute Gasteiger partial charge is 0.115 e. The van der Waals surface area contributed by atoms with Crippen molar-refractivity contribution in [3.05, 3.63) is 29.3 Å². The first-order chi connectivity index (χ1) is 7.84. The largest absolute Gasteiger partial charge is 0.300 e. The zero-order valence-corrected chi connectivity index (χ0v) is 9.93. The van der Waals surface area contributed by atoms with Gasteiger partial charge in [-0.2, -0.15) is 0 Å². The molecule has 0 radical (unpaired) electrons. The molecule has 2 N–H and O–H groups in total. The number of benzene rings is 1. The molecule has 1 aromatic rings. The van der Waals surface area contributed by atoms with Crippen molar-refractivity contribution in [2.75, 3.05) is 12.0 Å². The molecular formula is C12H16ClN3. The van der Waals surface area contributed by atoms with Crippen molar-refractivity contribution in [2.24, 2.45) is 4.99 Å². The summed E-state index contributed by atoms with van der Waals surface area (Å²) in [6, 6.07) is 7.60. The Morgan fingerprint density at radius 2 is 1.81 bits per heavy atom. The van der Waals surface area contributed by atoms with Crippen LogP contribution in [0.5, 0.6) is 0 Å². The highest BCUT2D eigenvalue weighted by atomic mass is 35.5. The van der Waals surface area contributed by atoms with Crippen molar-refractivity contribution < 1.29 is 0 Å². The highest BCUT2D eigenvalue weighted by molar-refractivity contribution is 6.30. The summed E-state index contributed by atoms with van der Waals surface area (Å²) in [5, 5.41) is 0.748. The van der Waals surface area contributed by atoms with Crippen LogP contribution in [-0.4, -0.2) is 12.4 Å². The van der Waals surface area contributed by atoms with Crippen molar-refractivity contribution in [3.63, 3.8) is 0 Å². The van der Waals surface area contributed by atoms with Crippen LogP contribution in [0, 0.1) is 0 Å². The molecule has 1 aliphatic heterocycles. The molecule has 0 saturated heterocycles. The van der Waals surface area contributed by atoms with Crippen LogP contribution in [-0.2, 0) is 0 Å². The van der Waals surface area contributed by atoms with Crippen LogP contribution in [0.3, 0.4) is 0 Å². The van der Waals surface area contributed by atoms with Gasteiger partial charge in [-0.1, -0.05) is 18.0 Å². The van der Waals surface area contributed by atoms with Gasteiger partial charge in [0.05, 0.1) is 5.69 Å². The average molecular weight is 238 g/mol. The molecule has 16 heavy (non-hydrogen) atoms. The van der Waals surface area contributed by atoms with Crippen LogP contribution < -0.4 is 10.9 Å². The third-order valence-electron chi connectivity index (χ3n) is 2.57. The number of rotatable bonds is 2. The number of aliphatic imine (C=N–C) groups is 1. The highest BCUT2D eigenvalue weighted by Gasteiger charge is 2.02. The van der Waals surface area contributed by atoms with Gasteiger partial charge in [-0.25, -0.2) is 0 Å². The Balaban J connectivity index is 1.86. The standard InChI is InChI=1S/C12H16ClN3/c13-10-5-7-11(8-6-10)15-16-12-4-2-1-3-9-14-12/h5-8,15H,1-4,9H2,(H,14,16). The lowest BCUT2D eigenvalue weighted by molar-refractivity contribution is 0.729. The van der Waals surface area contributed by atoms with Crippen LogP contribution in [0.25, 0.3) is 0 Å². The maximum absolute atomic E-state index is 5.81. The fourth-order valence-electron chi connectivity index (χ4n) is 1.65. The molecule has 3 nitrogen and oxygen atoms in total. The summed E-state index contributed by atoms with van der Waals surface area (Å²) in [5.41, 5.74) is 7.28. The lowest BCUT2D eigenvalue weighted by Gasteiger charge is -2.10. The van der Waals surface area contributed by atoms with Gasteiger partial charge in [0, 0.05) is 18.0 Å². The summed E-state index contributed by atoms with van der Waals surface area (Å²) < 4.78 is 0. The number of hydrazine groups is 1. The number of amidine groups is 1. The summed E-state index contributed by atoms with van der Waals surface area (Å²) in [6.45, 7) is 0.935. The molecule has 0 saturated carbocycles. The molecule has 1 heterocycles. The quantitative estimate of drug-likeness (QED) is 0.775. The average Bonchev–Trinajstić information content (AvgIpc) is 2.57. The number of nitrogens with zero attached hydrogens (tertiary/aromatic N) is 1. The van der Waals surface area contributed by atoms with E-state index in [1.165, 1.54) is 19.3 Å². The van der Waals surface area contributed by atoms with Gasteiger partial charge in [0.2, 0.25) is 0 Å². The summed E-state index contributed by atoms with van der Waals surface area (Å²) >= 11 is 5.81. The number of halogens is 1. The highest BCUT2D eigenvalue weighted by Crippen LogP contribution is 2.12. The van der Waals surface area contributed by atoms with Crippen LogP contribution in [0.15, 0.2) is 29.3 Å². The van der Waals surface area contributed by atoms with Gasteiger partial charge in [-0.05, 0) is 37.1 Å². The molecule has 0 unspecified atom stereocenters. The van der Waals surface area contributed by atoms with Gasteiger partial charge in [0.1, 0.15) is 5.84 Å². The Labute approximate surface area is 101 Å². The Kier molecular flexibility index (Phi) is 4.05. The summed E-state index contributed by atoms with van der Waals surface area (Å²) in [5.74, 6) is 1.05. The maximum atomic E-state index is 5.81. The first kappa shape index (κ1) is 11.3. The summed E-state index contributed by atoms with van der Waals surface area (Å²) in [6.07, 6.45) is 4.72. The van der Waals surface area contributed by atoms with Crippen molar-refractivity contribution in [3.8, 4) is 0 Å². The Bertz CT molecular complexity index is 359. The van der Waals surface area contributed by atoms with E-state index in [4.69, 9.17) is 11.6 Å². The minimum Gasteiger partial charge on any atom is -0.300 e. The normalized spacial score (nSPS) is 16.2. The second-order valence-electron chi connectivity index (χ2n) is 3.90. The Hall–Kier alpha value is -1.22. The molecule has 0 fully saturated rings. The minimum absolute atomic E-state index is 0.748. The van der Waals surface area contributed by atoms with E-state index in [1.807, 2.05) is 24.3 Å². The molecule has 0 bridgehead atoms. The number of anilines is 1. The first-order valence-electron chi connectivity index (χ1n) is 5.65. The minimum atomic E-state index is 0.748. The van der Waals surface area contributed by atoms with Crippen molar-refractivity contribution in [1.82, 2.24) is 5.43 Å². The maximum Gasteiger partial charge on any atom is 0.115 e. The number of hydrogen-bond donors (Lipinski definition) is 2. The topological polar surface area (TPSA) is 36.4 Å². The van der Waals surface area contributed by atoms with E-state index in [-0.39, 0.29) is 0 Å². The van der Waals surface area contributed by atoms with E-state index >= 15 is 0 Å². The van der Waals surface area contributed by atoms with E-state index in [9.17, 15) is 0 Å². The van der Waals surface area contributed by atoms with Crippen molar-refractivity contribution in [1.29, 1.82) is 0 Å². The van der Waals surface area contributed by atoms with Gasteiger partial charge in [-0.15, -0.1) is 0 Å². The van der Waals surface area contributed by atoms with Gasteiger partial charge >= 0.3 is 0 Å². The second-order valence-corrected chi connectivity index (χ2v) is 4.33.